The van der Waals surface area contributed by atoms with Gasteiger partial charge in [-0.15, -0.1) is 11.6 Å². The minimum atomic E-state index is -5.61. The van der Waals surface area contributed by atoms with E-state index in [1.807, 2.05) is 0 Å². The number of sulfonamides is 1. The van der Waals surface area contributed by atoms with Crippen molar-refractivity contribution in [1.82, 2.24) is 9.97 Å². The van der Waals surface area contributed by atoms with Crippen LogP contribution in [0.5, 0.6) is 11.8 Å². The zero-order valence-electron chi connectivity index (χ0n) is 13.4. The van der Waals surface area contributed by atoms with Crippen LogP contribution in [-0.2, 0) is 10.0 Å². The van der Waals surface area contributed by atoms with Gasteiger partial charge in [0.1, 0.15) is 5.38 Å². The smallest absolute Gasteiger partial charge is 0.481 e. The largest absolute Gasteiger partial charge is 0.516 e. The normalized spacial score (nSPS) is 13.2. The van der Waals surface area contributed by atoms with Crippen LogP contribution in [0.2, 0.25) is 0 Å². The molecule has 0 radical (unpaired) electrons. The molecule has 0 aliphatic carbocycles. The summed E-state index contributed by atoms with van der Waals surface area (Å²) in [6, 6.07) is 6.71. The number of hydrogen-bond acceptors (Lipinski definition) is 6. The Labute approximate surface area is 152 Å². The number of anilines is 1. The molecule has 0 saturated heterocycles. The van der Waals surface area contributed by atoms with Crippen molar-refractivity contribution in [2.75, 3.05) is 18.9 Å². The molecular formula is C14H13ClF3N3O4S. The van der Waals surface area contributed by atoms with Crippen molar-refractivity contribution in [3.63, 3.8) is 0 Å². The fraction of sp³-hybridized carbons (Fsp3) is 0.286. The lowest BCUT2D eigenvalue weighted by Gasteiger charge is -2.17. The van der Waals surface area contributed by atoms with Crippen LogP contribution in [0.3, 0.4) is 0 Å². The van der Waals surface area contributed by atoms with E-state index in [9.17, 15) is 21.6 Å². The van der Waals surface area contributed by atoms with E-state index in [-0.39, 0.29) is 28.8 Å². The number of benzene rings is 1. The molecule has 0 saturated carbocycles. The fourth-order valence-corrected chi connectivity index (χ4v) is 2.78. The van der Waals surface area contributed by atoms with Gasteiger partial charge >= 0.3 is 15.5 Å². The van der Waals surface area contributed by atoms with Gasteiger partial charge in [0, 0.05) is 5.56 Å². The van der Waals surface area contributed by atoms with E-state index in [1.54, 1.807) is 0 Å². The van der Waals surface area contributed by atoms with Crippen LogP contribution in [-0.4, -0.2) is 38.1 Å². The van der Waals surface area contributed by atoms with Gasteiger partial charge < -0.3 is 9.47 Å². The van der Waals surface area contributed by atoms with Crippen molar-refractivity contribution < 1.29 is 31.1 Å². The summed E-state index contributed by atoms with van der Waals surface area (Å²) in [5.41, 5.74) is -5.80. The Hall–Kier alpha value is -2.27. The van der Waals surface area contributed by atoms with Crippen LogP contribution < -0.4 is 14.2 Å². The Bertz CT molecular complexity index is 871. The molecule has 0 fully saturated rings. The molecule has 1 aromatic heterocycles. The van der Waals surface area contributed by atoms with Gasteiger partial charge in [-0.25, -0.2) is 0 Å². The highest BCUT2D eigenvalue weighted by atomic mass is 35.5. The highest BCUT2D eigenvalue weighted by molar-refractivity contribution is 7.93. The number of nitrogens with one attached hydrogen (secondary N) is 1. The molecule has 0 aliphatic rings. The summed E-state index contributed by atoms with van der Waals surface area (Å²) in [6.07, 6.45) is 0. The molecular weight excluding hydrogens is 399 g/mol. The number of methoxy groups -OCH3 is 2. The first kappa shape index (κ1) is 20.0. The zero-order chi connectivity index (χ0) is 19.5. The lowest BCUT2D eigenvalue weighted by molar-refractivity contribution is -0.0429. The molecule has 0 bridgehead atoms. The minimum absolute atomic E-state index is 0.0253. The molecule has 2 aromatic rings. The quantitative estimate of drug-likeness (QED) is 0.735. The topological polar surface area (TPSA) is 90.4 Å². The number of aromatic nitrogens is 2. The van der Waals surface area contributed by atoms with Gasteiger partial charge in [0.2, 0.25) is 11.8 Å². The maximum atomic E-state index is 12.6. The van der Waals surface area contributed by atoms with Gasteiger partial charge in [-0.05, 0) is 6.07 Å². The Morgan fingerprint density at radius 1 is 1.12 bits per heavy atom. The molecule has 7 nitrogen and oxygen atoms in total. The Kier molecular flexibility index (Phi) is 5.81. The van der Waals surface area contributed by atoms with E-state index in [2.05, 4.69) is 9.97 Å². The van der Waals surface area contributed by atoms with Crippen molar-refractivity contribution in [3.05, 3.63) is 41.7 Å². The maximum absolute atomic E-state index is 12.6. The van der Waals surface area contributed by atoms with Crippen molar-refractivity contribution in [2.24, 2.45) is 0 Å². The third-order valence-electron chi connectivity index (χ3n) is 3.12. The monoisotopic (exact) mass is 411 g/mol. The van der Waals surface area contributed by atoms with Gasteiger partial charge in [-0.2, -0.15) is 31.6 Å². The molecule has 2 rings (SSSR count). The molecule has 12 heteroatoms. The van der Waals surface area contributed by atoms with Gasteiger partial charge in [0.15, 0.2) is 5.82 Å². The number of nitrogens with zero attached hydrogens (tertiary/aromatic N) is 2. The molecule has 1 N–H and O–H groups in total. The predicted molar refractivity (Wildman–Crippen MR) is 87.9 cm³/mol. The lowest BCUT2D eigenvalue weighted by atomic mass is 10.1. The minimum Gasteiger partial charge on any atom is -0.481 e. The van der Waals surface area contributed by atoms with Gasteiger partial charge in [0.25, 0.3) is 0 Å². The first-order chi connectivity index (χ1) is 12.1. The van der Waals surface area contributed by atoms with Crippen LogP contribution in [0.4, 0.5) is 18.9 Å². The molecule has 0 aliphatic heterocycles. The summed E-state index contributed by atoms with van der Waals surface area (Å²) in [5, 5.41) is -1.17. The van der Waals surface area contributed by atoms with Crippen LogP contribution in [0.1, 0.15) is 16.8 Å². The molecule has 1 aromatic carbocycles. The first-order valence-electron chi connectivity index (χ1n) is 6.88. The van der Waals surface area contributed by atoms with E-state index in [4.69, 9.17) is 21.1 Å². The number of alkyl halides is 4. The second kappa shape index (κ2) is 7.54. The van der Waals surface area contributed by atoms with Gasteiger partial charge in [-0.1, -0.05) is 18.2 Å². The number of hydrogen-bond donors (Lipinski definition) is 1. The van der Waals surface area contributed by atoms with Crippen LogP contribution >= 0.6 is 11.6 Å². The van der Waals surface area contributed by atoms with Crippen LogP contribution in [0.15, 0.2) is 30.3 Å². The van der Waals surface area contributed by atoms with E-state index in [0.29, 0.717) is 0 Å². The second-order valence-corrected chi connectivity index (χ2v) is 6.92. The third-order valence-corrected chi connectivity index (χ3v) is 4.65. The Morgan fingerprint density at radius 3 is 2.15 bits per heavy atom. The maximum Gasteiger partial charge on any atom is 0.516 e. The Morgan fingerprint density at radius 2 is 1.65 bits per heavy atom. The number of ether oxygens (including phenoxy) is 2. The number of halogens is 4. The highest BCUT2D eigenvalue weighted by Crippen LogP contribution is 2.35. The van der Waals surface area contributed by atoms with Crippen molar-refractivity contribution in [3.8, 4) is 11.8 Å². The molecule has 1 atom stereocenters. The molecule has 142 valence electrons. The average molecular weight is 412 g/mol. The van der Waals surface area contributed by atoms with Crippen molar-refractivity contribution in [2.45, 2.75) is 10.9 Å². The fourth-order valence-electron chi connectivity index (χ4n) is 1.90. The van der Waals surface area contributed by atoms with E-state index >= 15 is 0 Å². The van der Waals surface area contributed by atoms with E-state index in [0.717, 1.165) is 6.07 Å². The van der Waals surface area contributed by atoms with Crippen LogP contribution in [0.25, 0.3) is 0 Å². The summed E-state index contributed by atoms with van der Waals surface area (Å²) >= 11 is 6.29. The molecule has 1 heterocycles. The molecule has 0 spiro atoms. The lowest BCUT2D eigenvalue weighted by Crippen LogP contribution is -2.30. The molecule has 0 amide bonds. The zero-order valence-corrected chi connectivity index (χ0v) is 15.0. The van der Waals surface area contributed by atoms with E-state index < -0.39 is 20.9 Å². The predicted octanol–water partition coefficient (Wildman–Crippen LogP) is 3.08. The molecule has 1 unspecified atom stereocenters. The third kappa shape index (κ3) is 4.28. The molecule has 26 heavy (non-hydrogen) atoms. The van der Waals surface area contributed by atoms with Crippen molar-refractivity contribution in [1.29, 1.82) is 0 Å². The summed E-state index contributed by atoms with van der Waals surface area (Å²) in [5.74, 6) is 0.193. The standard InChI is InChI=1S/C14H13ClF3N3O4S/c1-24-10-7-11(25-2)20-13(19-10)12(15)8-5-3-4-6-9(8)21-26(22,23)14(16,17)18/h3-7,12,21H,1-2H3. The second-order valence-electron chi connectivity index (χ2n) is 4.81. The van der Waals surface area contributed by atoms with Crippen LogP contribution in [0, 0.1) is 0 Å². The number of rotatable bonds is 6. The van der Waals surface area contributed by atoms with E-state index in [1.165, 1.54) is 43.2 Å². The summed E-state index contributed by atoms with van der Waals surface area (Å²) in [6.45, 7) is 0. The highest BCUT2D eigenvalue weighted by Gasteiger charge is 2.46. The SMILES string of the molecule is COc1cc(OC)nc(C(Cl)c2ccccc2NS(=O)(=O)C(F)(F)F)n1. The van der Waals surface area contributed by atoms with Gasteiger partial charge in [-0.3, -0.25) is 4.72 Å². The number of para-hydroxylation sites is 1. The summed E-state index contributed by atoms with van der Waals surface area (Å²) < 4.78 is 72.1. The summed E-state index contributed by atoms with van der Waals surface area (Å²) in [4.78, 5) is 8.04. The summed E-state index contributed by atoms with van der Waals surface area (Å²) in [7, 11) is -2.92. The van der Waals surface area contributed by atoms with Crippen molar-refractivity contribution >= 4 is 27.3 Å². The average Bonchev–Trinajstić information content (AvgIpc) is 2.59. The first-order valence-corrected chi connectivity index (χ1v) is 8.80. The van der Waals surface area contributed by atoms with Gasteiger partial charge in [0.05, 0.1) is 26.0 Å². The Balaban J connectivity index is 2.47.